The molecule has 3 N–H and O–H groups in total. The summed E-state index contributed by atoms with van der Waals surface area (Å²) in [5.41, 5.74) is 0. The van der Waals surface area contributed by atoms with Gasteiger partial charge in [0.25, 0.3) is 0 Å². The molecule has 0 unspecified atom stereocenters. The molecule has 0 amide bonds. The van der Waals surface area contributed by atoms with Crippen LogP contribution in [0, 0.1) is 0 Å². The third kappa shape index (κ3) is 9.35. The van der Waals surface area contributed by atoms with Gasteiger partial charge in [0, 0.05) is 19.6 Å². The van der Waals surface area contributed by atoms with Crippen molar-refractivity contribution in [3.63, 3.8) is 0 Å². The van der Waals surface area contributed by atoms with Gasteiger partial charge in [-0.15, -0.1) is 0 Å². The van der Waals surface area contributed by atoms with Crippen molar-refractivity contribution in [2.75, 3.05) is 39.9 Å². The van der Waals surface area contributed by atoms with E-state index in [1.54, 1.807) is 0 Å². The Bertz CT molecular complexity index is 119. The van der Waals surface area contributed by atoms with Crippen LogP contribution in [0.15, 0.2) is 0 Å². The highest BCUT2D eigenvalue weighted by molar-refractivity contribution is 5.67. The highest BCUT2D eigenvalue weighted by Gasteiger charge is 1.94. The number of aliphatic carboxylic acids is 1. The summed E-state index contributed by atoms with van der Waals surface area (Å²) in [6.07, 6.45) is 0. The van der Waals surface area contributed by atoms with Gasteiger partial charge < -0.3 is 20.5 Å². The van der Waals surface area contributed by atoms with E-state index in [-0.39, 0.29) is 6.61 Å². The maximum atomic E-state index is 9.98. The maximum absolute atomic E-state index is 9.98. The topological polar surface area (TPSA) is 70.6 Å². The molecule has 0 rings (SSSR count). The highest BCUT2D eigenvalue weighted by Crippen LogP contribution is 1.72. The number of carboxylic acid groups (broad SMARTS) is 1. The minimum atomic E-state index is -0.926. The van der Waals surface area contributed by atoms with Crippen molar-refractivity contribution in [2.45, 2.75) is 0 Å². The molecule has 0 spiro atoms. The van der Waals surface area contributed by atoms with Crippen LogP contribution >= 0.6 is 0 Å². The SMILES string of the molecule is CNCCNCCOCC(=O)O. The van der Waals surface area contributed by atoms with E-state index in [1.165, 1.54) is 0 Å². The Morgan fingerprint density at radius 3 is 2.75 bits per heavy atom. The van der Waals surface area contributed by atoms with E-state index < -0.39 is 5.97 Å². The van der Waals surface area contributed by atoms with Crippen LogP contribution in [-0.4, -0.2) is 51.0 Å². The lowest BCUT2D eigenvalue weighted by atomic mass is 10.6. The van der Waals surface area contributed by atoms with Gasteiger partial charge in [0.15, 0.2) is 0 Å². The number of rotatable bonds is 8. The predicted molar refractivity (Wildman–Crippen MR) is 45.3 cm³/mol. The van der Waals surface area contributed by atoms with Crippen molar-refractivity contribution < 1.29 is 14.6 Å². The Morgan fingerprint density at radius 1 is 1.42 bits per heavy atom. The van der Waals surface area contributed by atoms with E-state index in [0.717, 1.165) is 13.1 Å². The van der Waals surface area contributed by atoms with E-state index in [9.17, 15) is 4.79 Å². The molecule has 0 aliphatic heterocycles. The van der Waals surface area contributed by atoms with Gasteiger partial charge in [-0.2, -0.15) is 0 Å². The smallest absolute Gasteiger partial charge is 0.329 e. The Labute approximate surface area is 72.1 Å². The van der Waals surface area contributed by atoms with Crippen LogP contribution in [0.2, 0.25) is 0 Å². The number of nitrogens with one attached hydrogen (secondary N) is 2. The van der Waals surface area contributed by atoms with Gasteiger partial charge in [-0.25, -0.2) is 4.79 Å². The molecule has 0 bridgehead atoms. The molecule has 0 aliphatic rings. The number of likely N-dealkylation sites (N-methyl/N-ethyl adjacent to an activating group) is 1. The molecule has 0 aromatic carbocycles. The molecule has 0 saturated heterocycles. The normalized spacial score (nSPS) is 10.1. The average Bonchev–Trinajstić information content (AvgIpc) is 2.02. The first kappa shape index (κ1) is 11.4. The van der Waals surface area contributed by atoms with Crippen LogP contribution in [-0.2, 0) is 9.53 Å². The predicted octanol–water partition coefficient (Wildman–Crippen LogP) is -1.10. The van der Waals surface area contributed by atoms with Gasteiger partial charge in [0.2, 0.25) is 0 Å². The molecule has 0 radical (unpaired) electrons. The fourth-order valence-corrected chi connectivity index (χ4v) is 0.642. The third-order valence-corrected chi connectivity index (χ3v) is 1.20. The van der Waals surface area contributed by atoms with E-state index in [2.05, 4.69) is 10.6 Å². The zero-order chi connectivity index (χ0) is 9.23. The number of hydrogen-bond donors (Lipinski definition) is 3. The Kier molecular flexibility index (Phi) is 7.99. The van der Waals surface area contributed by atoms with Crippen LogP contribution in [0.4, 0.5) is 0 Å². The summed E-state index contributed by atoms with van der Waals surface area (Å²) in [5, 5.41) is 14.3. The van der Waals surface area contributed by atoms with Crippen LogP contribution in [0.25, 0.3) is 0 Å². The van der Waals surface area contributed by atoms with Crippen molar-refractivity contribution >= 4 is 5.97 Å². The number of hydrogen-bond acceptors (Lipinski definition) is 4. The molecule has 5 nitrogen and oxygen atoms in total. The summed E-state index contributed by atoms with van der Waals surface area (Å²) in [7, 11) is 1.88. The zero-order valence-corrected chi connectivity index (χ0v) is 7.30. The van der Waals surface area contributed by atoms with Crippen LogP contribution in [0.1, 0.15) is 0 Å². The van der Waals surface area contributed by atoms with Gasteiger partial charge in [-0.05, 0) is 7.05 Å². The monoisotopic (exact) mass is 176 g/mol. The Hall–Kier alpha value is -0.650. The van der Waals surface area contributed by atoms with E-state index in [1.807, 2.05) is 7.05 Å². The summed E-state index contributed by atoms with van der Waals surface area (Å²) in [6, 6.07) is 0. The molecule has 72 valence electrons. The van der Waals surface area contributed by atoms with Crippen LogP contribution in [0.3, 0.4) is 0 Å². The van der Waals surface area contributed by atoms with Crippen molar-refractivity contribution in [2.24, 2.45) is 0 Å². The molecule has 0 aliphatic carbocycles. The molecule has 0 aromatic heterocycles. The lowest BCUT2D eigenvalue weighted by molar-refractivity contribution is -0.142. The Balaban J connectivity index is 2.86. The summed E-state index contributed by atoms with van der Waals surface area (Å²) >= 11 is 0. The van der Waals surface area contributed by atoms with Gasteiger partial charge in [-0.3, -0.25) is 0 Å². The van der Waals surface area contributed by atoms with Gasteiger partial charge in [-0.1, -0.05) is 0 Å². The van der Waals surface area contributed by atoms with Crippen LogP contribution < -0.4 is 10.6 Å². The lowest BCUT2D eigenvalue weighted by Gasteiger charge is -2.03. The first-order chi connectivity index (χ1) is 5.77. The molecule has 12 heavy (non-hydrogen) atoms. The molecule has 0 fully saturated rings. The largest absolute Gasteiger partial charge is 0.480 e. The zero-order valence-electron chi connectivity index (χ0n) is 7.30. The van der Waals surface area contributed by atoms with Crippen molar-refractivity contribution in [3.8, 4) is 0 Å². The standard InChI is InChI=1S/C7H16N2O3/c1-8-2-3-9-4-5-12-6-7(10)11/h8-9H,2-6H2,1H3,(H,10,11). The fourth-order valence-electron chi connectivity index (χ4n) is 0.642. The minimum absolute atomic E-state index is 0.215. The quantitative estimate of drug-likeness (QED) is 0.409. The van der Waals surface area contributed by atoms with Crippen LogP contribution in [0.5, 0.6) is 0 Å². The second kappa shape index (κ2) is 8.45. The summed E-state index contributed by atoms with van der Waals surface area (Å²) in [4.78, 5) is 9.98. The van der Waals surface area contributed by atoms with Crippen molar-refractivity contribution in [1.82, 2.24) is 10.6 Å². The molecule has 0 saturated carbocycles. The van der Waals surface area contributed by atoms with Gasteiger partial charge in [0.1, 0.15) is 6.61 Å². The minimum Gasteiger partial charge on any atom is -0.480 e. The van der Waals surface area contributed by atoms with E-state index in [4.69, 9.17) is 9.84 Å². The van der Waals surface area contributed by atoms with Crippen molar-refractivity contribution in [3.05, 3.63) is 0 Å². The number of ether oxygens (including phenoxy) is 1. The number of carbonyl (C=O) groups is 1. The second-order valence-electron chi connectivity index (χ2n) is 2.30. The molecular weight excluding hydrogens is 160 g/mol. The third-order valence-electron chi connectivity index (χ3n) is 1.20. The lowest BCUT2D eigenvalue weighted by Crippen LogP contribution is -2.28. The van der Waals surface area contributed by atoms with E-state index >= 15 is 0 Å². The van der Waals surface area contributed by atoms with Gasteiger partial charge in [0.05, 0.1) is 6.61 Å². The summed E-state index contributed by atoms with van der Waals surface area (Å²) in [5.74, 6) is -0.926. The first-order valence-corrected chi connectivity index (χ1v) is 3.92. The Morgan fingerprint density at radius 2 is 2.17 bits per heavy atom. The maximum Gasteiger partial charge on any atom is 0.329 e. The first-order valence-electron chi connectivity index (χ1n) is 3.92. The molecule has 0 aromatic rings. The number of carboxylic acids is 1. The molecular formula is C7H16N2O3. The molecule has 0 atom stereocenters. The van der Waals surface area contributed by atoms with Gasteiger partial charge >= 0.3 is 5.97 Å². The summed E-state index contributed by atoms with van der Waals surface area (Å²) < 4.78 is 4.79. The average molecular weight is 176 g/mol. The van der Waals surface area contributed by atoms with Crippen molar-refractivity contribution in [1.29, 1.82) is 0 Å². The van der Waals surface area contributed by atoms with E-state index in [0.29, 0.717) is 13.2 Å². The molecule has 0 heterocycles. The fraction of sp³-hybridized carbons (Fsp3) is 0.857. The molecule has 5 heteroatoms. The second-order valence-corrected chi connectivity index (χ2v) is 2.30. The highest BCUT2D eigenvalue weighted by atomic mass is 16.5. The summed E-state index contributed by atoms with van der Waals surface area (Å²) in [6.45, 7) is 2.69.